The van der Waals surface area contributed by atoms with E-state index in [1.165, 1.54) is 0 Å². The first-order valence-electron chi connectivity index (χ1n) is 6.94. The number of hydrogen-bond acceptors (Lipinski definition) is 3. The van der Waals surface area contributed by atoms with Gasteiger partial charge in [0, 0.05) is 11.4 Å². The fraction of sp³-hybridized carbons (Fsp3) is 0.235. The molecule has 0 aliphatic rings. The number of nitrogens with one attached hydrogen (secondary N) is 1. The van der Waals surface area contributed by atoms with Crippen LogP contribution >= 0.6 is 0 Å². The third-order valence-corrected chi connectivity index (χ3v) is 3.09. The molecule has 0 atom stereocenters. The highest BCUT2D eigenvalue weighted by molar-refractivity contribution is 6.06. The lowest BCUT2D eigenvalue weighted by atomic mass is 10.00. The number of anilines is 2. The SMILES string of the molecule is CC(C)Cc1ccc(O)c(C(=O)Nc2cccc(N)c2)c1. The predicted octanol–water partition coefficient (Wildman–Crippen LogP) is 3.43. The Bertz CT molecular complexity index is 651. The Morgan fingerprint density at radius 1 is 1.24 bits per heavy atom. The molecular formula is C17H20N2O2. The van der Waals surface area contributed by atoms with E-state index in [1.54, 1.807) is 36.4 Å². The van der Waals surface area contributed by atoms with E-state index in [-0.39, 0.29) is 17.2 Å². The largest absolute Gasteiger partial charge is 0.507 e. The van der Waals surface area contributed by atoms with Crippen molar-refractivity contribution in [1.29, 1.82) is 0 Å². The Balaban J connectivity index is 2.22. The molecule has 0 aliphatic heterocycles. The quantitative estimate of drug-likeness (QED) is 0.753. The number of nitrogen functional groups attached to an aromatic ring is 1. The number of carbonyl (C=O) groups is 1. The Hall–Kier alpha value is -2.49. The summed E-state index contributed by atoms with van der Waals surface area (Å²) in [6, 6.07) is 12.1. The van der Waals surface area contributed by atoms with Crippen molar-refractivity contribution in [2.45, 2.75) is 20.3 Å². The highest BCUT2D eigenvalue weighted by Gasteiger charge is 2.13. The van der Waals surface area contributed by atoms with Crippen LogP contribution in [0.15, 0.2) is 42.5 Å². The van der Waals surface area contributed by atoms with Gasteiger partial charge in [0.05, 0.1) is 5.56 Å². The maximum absolute atomic E-state index is 12.3. The van der Waals surface area contributed by atoms with Crippen molar-refractivity contribution in [2.75, 3.05) is 11.1 Å². The zero-order valence-corrected chi connectivity index (χ0v) is 12.3. The summed E-state index contributed by atoms with van der Waals surface area (Å²) in [5, 5.41) is 12.6. The number of benzene rings is 2. The number of aromatic hydroxyl groups is 1. The molecule has 0 fully saturated rings. The minimum atomic E-state index is -0.344. The minimum Gasteiger partial charge on any atom is -0.507 e. The van der Waals surface area contributed by atoms with E-state index < -0.39 is 0 Å². The molecule has 2 rings (SSSR count). The lowest BCUT2D eigenvalue weighted by Crippen LogP contribution is -2.13. The molecule has 4 nitrogen and oxygen atoms in total. The summed E-state index contributed by atoms with van der Waals surface area (Å²) in [5.41, 5.74) is 8.16. The van der Waals surface area contributed by atoms with Crippen LogP contribution < -0.4 is 11.1 Å². The topological polar surface area (TPSA) is 75.3 Å². The number of amides is 1. The van der Waals surface area contributed by atoms with Crippen molar-refractivity contribution in [1.82, 2.24) is 0 Å². The molecule has 2 aromatic rings. The number of rotatable bonds is 4. The van der Waals surface area contributed by atoms with Gasteiger partial charge in [-0.25, -0.2) is 0 Å². The average molecular weight is 284 g/mol. The second-order valence-electron chi connectivity index (χ2n) is 5.53. The summed E-state index contributed by atoms with van der Waals surface area (Å²) >= 11 is 0. The van der Waals surface area contributed by atoms with Crippen LogP contribution in [0.3, 0.4) is 0 Å². The van der Waals surface area contributed by atoms with Gasteiger partial charge in [0.2, 0.25) is 0 Å². The molecule has 0 heterocycles. The molecule has 0 spiro atoms. The van der Waals surface area contributed by atoms with Crippen LogP contribution in [0.25, 0.3) is 0 Å². The summed E-state index contributed by atoms with van der Waals surface area (Å²) < 4.78 is 0. The van der Waals surface area contributed by atoms with Crippen LogP contribution in [-0.4, -0.2) is 11.0 Å². The molecule has 0 saturated carbocycles. The van der Waals surface area contributed by atoms with Gasteiger partial charge >= 0.3 is 0 Å². The Labute approximate surface area is 124 Å². The molecule has 1 amide bonds. The van der Waals surface area contributed by atoms with Crippen molar-refractivity contribution < 1.29 is 9.90 Å². The third kappa shape index (κ3) is 3.99. The molecule has 0 radical (unpaired) electrons. The summed E-state index contributed by atoms with van der Waals surface area (Å²) in [6.07, 6.45) is 0.860. The van der Waals surface area contributed by atoms with Crippen LogP contribution in [0.2, 0.25) is 0 Å². The first-order valence-corrected chi connectivity index (χ1v) is 6.94. The van der Waals surface area contributed by atoms with Crippen molar-refractivity contribution in [3.05, 3.63) is 53.6 Å². The van der Waals surface area contributed by atoms with Gasteiger partial charge < -0.3 is 16.2 Å². The van der Waals surface area contributed by atoms with Gasteiger partial charge in [-0.1, -0.05) is 26.0 Å². The smallest absolute Gasteiger partial charge is 0.259 e. The molecule has 21 heavy (non-hydrogen) atoms. The average Bonchev–Trinajstić information content (AvgIpc) is 2.40. The number of phenolic OH excluding ortho intramolecular Hbond substituents is 1. The molecular weight excluding hydrogens is 264 g/mol. The predicted molar refractivity (Wildman–Crippen MR) is 85.5 cm³/mol. The number of carbonyl (C=O) groups excluding carboxylic acids is 1. The summed E-state index contributed by atoms with van der Waals surface area (Å²) in [4.78, 5) is 12.3. The second kappa shape index (κ2) is 6.31. The zero-order valence-electron chi connectivity index (χ0n) is 12.3. The Kier molecular flexibility index (Phi) is 4.48. The Morgan fingerprint density at radius 3 is 2.67 bits per heavy atom. The van der Waals surface area contributed by atoms with E-state index in [9.17, 15) is 9.90 Å². The monoisotopic (exact) mass is 284 g/mol. The molecule has 2 aromatic carbocycles. The van der Waals surface area contributed by atoms with Crippen LogP contribution in [0, 0.1) is 5.92 Å². The van der Waals surface area contributed by atoms with Gasteiger partial charge in [-0.2, -0.15) is 0 Å². The molecule has 0 unspecified atom stereocenters. The molecule has 4 heteroatoms. The standard InChI is InChI=1S/C17H20N2O2/c1-11(2)8-12-6-7-16(20)15(9-12)17(21)19-14-5-3-4-13(18)10-14/h3-7,9-11,20H,8,18H2,1-2H3,(H,19,21). The van der Waals surface area contributed by atoms with E-state index in [0.29, 0.717) is 17.3 Å². The van der Waals surface area contributed by atoms with E-state index in [2.05, 4.69) is 19.2 Å². The first kappa shape index (κ1) is 14.9. The number of hydrogen-bond donors (Lipinski definition) is 3. The number of phenols is 1. The summed E-state index contributed by atoms with van der Waals surface area (Å²) in [7, 11) is 0. The van der Waals surface area contributed by atoms with Crippen LogP contribution in [0.4, 0.5) is 11.4 Å². The zero-order chi connectivity index (χ0) is 15.4. The van der Waals surface area contributed by atoms with E-state index >= 15 is 0 Å². The second-order valence-corrected chi connectivity index (χ2v) is 5.53. The fourth-order valence-electron chi connectivity index (χ4n) is 2.18. The van der Waals surface area contributed by atoms with Gasteiger partial charge in [0.15, 0.2) is 0 Å². The molecule has 4 N–H and O–H groups in total. The highest BCUT2D eigenvalue weighted by atomic mass is 16.3. The van der Waals surface area contributed by atoms with Crippen LogP contribution in [-0.2, 0) is 6.42 Å². The van der Waals surface area contributed by atoms with E-state index in [0.717, 1.165) is 12.0 Å². The van der Waals surface area contributed by atoms with Crippen LogP contribution in [0.5, 0.6) is 5.75 Å². The highest BCUT2D eigenvalue weighted by Crippen LogP contribution is 2.22. The Morgan fingerprint density at radius 2 is 2.00 bits per heavy atom. The van der Waals surface area contributed by atoms with E-state index in [4.69, 9.17) is 5.73 Å². The summed E-state index contributed by atoms with van der Waals surface area (Å²) in [5.74, 6) is 0.118. The normalized spacial score (nSPS) is 10.6. The first-order chi connectivity index (χ1) is 9.95. The maximum atomic E-state index is 12.3. The molecule has 0 bridgehead atoms. The van der Waals surface area contributed by atoms with Crippen LogP contribution in [0.1, 0.15) is 29.8 Å². The van der Waals surface area contributed by atoms with Gasteiger partial charge in [-0.15, -0.1) is 0 Å². The lowest BCUT2D eigenvalue weighted by molar-refractivity contribution is 0.102. The van der Waals surface area contributed by atoms with E-state index in [1.807, 2.05) is 6.07 Å². The van der Waals surface area contributed by atoms with Crippen molar-refractivity contribution in [3.63, 3.8) is 0 Å². The number of nitrogens with two attached hydrogens (primary N) is 1. The van der Waals surface area contributed by atoms with Gasteiger partial charge in [-0.3, -0.25) is 4.79 Å². The molecule has 0 saturated heterocycles. The van der Waals surface area contributed by atoms with Gasteiger partial charge in [-0.05, 0) is 48.2 Å². The van der Waals surface area contributed by atoms with Gasteiger partial charge in [0.25, 0.3) is 5.91 Å². The molecule has 0 aliphatic carbocycles. The maximum Gasteiger partial charge on any atom is 0.259 e. The molecule has 0 aromatic heterocycles. The molecule has 110 valence electrons. The lowest BCUT2D eigenvalue weighted by Gasteiger charge is -2.10. The third-order valence-electron chi connectivity index (χ3n) is 3.09. The van der Waals surface area contributed by atoms with Crippen molar-refractivity contribution in [3.8, 4) is 5.75 Å². The minimum absolute atomic E-state index is 0.0242. The fourth-order valence-corrected chi connectivity index (χ4v) is 2.18. The van der Waals surface area contributed by atoms with Gasteiger partial charge in [0.1, 0.15) is 5.75 Å². The van der Waals surface area contributed by atoms with Crippen molar-refractivity contribution in [2.24, 2.45) is 5.92 Å². The summed E-state index contributed by atoms with van der Waals surface area (Å²) in [6.45, 7) is 4.22. The van der Waals surface area contributed by atoms with Crippen molar-refractivity contribution >= 4 is 17.3 Å².